The summed E-state index contributed by atoms with van der Waals surface area (Å²) >= 11 is 0. The first-order chi connectivity index (χ1) is 7.63. The summed E-state index contributed by atoms with van der Waals surface area (Å²) in [5.41, 5.74) is 10.7. The Hall–Kier alpha value is -1.85. The topological polar surface area (TPSA) is 98.1 Å². The van der Waals surface area contributed by atoms with E-state index in [4.69, 9.17) is 11.5 Å². The molecular weight excluding hydrogens is 206 g/mol. The molecule has 0 aliphatic heterocycles. The van der Waals surface area contributed by atoms with E-state index in [9.17, 15) is 4.79 Å². The van der Waals surface area contributed by atoms with Gasteiger partial charge in [-0.2, -0.15) is 0 Å². The van der Waals surface area contributed by atoms with E-state index in [-0.39, 0.29) is 12.5 Å². The predicted octanol–water partition coefficient (Wildman–Crippen LogP) is 0.151. The van der Waals surface area contributed by atoms with Gasteiger partial charge in [0.1, 0.15) is 11.6 Å². The van der Waals surface area contributed by atoms with Crippen LogP contribution in [0, 0.1) is 0 Å². The number of nitrogens with zero attached hydrogens (tertiary/aromatic N) is 3. The summed E-state index contributed by atoms with van der Waals surface area (Å²) in [5, 5.41) is 0. The lowest BCUT2D eigenvalue weighted by atomic mass is 10.3. The van der Waals surface area contributed by atoms with Crippen molar-refractivity contribution in [3.63, 3.8) is 0 Å². The normalized spacial score (nSPS) is 10.1. The lowest BCUT2D eigenvalue weighted by Crippen LogP contribution is -2.35. The van der Waals surface area contributed by atoms with E-state index in [1.54, 1.807) is 11.1 Å². The summed E-state index contributed by atoms with van der Waals surface area (Å²) in [5.74, 6) is 0.538. The fourth-order valence-electron chi connectivity index (χ4n) is 1.33. The summed E-state index contributed by atoms with van der Waals surface area (Å²) in [4.78, 5) is 20.8. The van der Waals surface area contributed by atoms with Gasteiger partial charge in [-0.05, 0) is 6.42 Å². The molecule has 1 aromatic rings. The molecular formula is C10H17N5O. The highest BCUT2D eigenvalue weighted by molar-refractivity contribution is 5.79. The van der Waals surface area contributed by atoms with E-state index >= 15 is 0 Å². The molecule has 0 aliphatic rings. The lowest BCUT2D eigenvalue weighted by molar-refractivity contribution is -0.116. The third kappa shape index (κ3) is 3.72. The van der Waals surface area contributed by atoms with Crippen molar-refractivity contribution in [2.75, 3.05) is 23.7 Å². The van der Waals surface area contributed by atoms with Crippen LogP contribution in [0.4, 0.5) is 11.6 Å². The molecule has 0 aromatic carbocycles. The van der Waals surface area contributed by atoms with Gasteiger partial charge in [-0.1, -0.05) is 13.3 Å². The molecule has 6 nitrogen and oxygen atoms in total. The largest absolute Gasteiger partial charge is 0.382 e. The summed E-state index contributed by atoms with van der Waals surface area (Å²) in [7, 11) is 0. The van der Waals surface area contributed by atoms with E-state index in [0.29, 0.717) is 11.6 Å². The Morgan fingerprint density at radius 1 is 1.50 bits per heavy atom. The number of hydrogen-bond donors (Lipinski definition) is 2. The first-order valence-corrected chi connectivity index (χ1v) is 5.24. The van der Waals surface area contributed by atoms with Crippen molar-refractivity contribution < 1.29 is 4.79 Å². The molecule has 1 amide bonds. The van der Waals surface area contributed by atoms with E-state index in [2.05, 4.69) is 16.9 Å². The fraction of sp³-hybridized carbons (Fsp3) is 0.500. The van der Waals surface area contributed by atoms with Gasteiger partial charge in [0.05, 0.1) is 18.9 Å². The van der Waals surface area contributed by atoms with Gasteiger partial charge in [0.25, 0.3) is 0 Å². The highest BCUT2D eigenvalue weighted by Crippen LogP contribution is 2.11. The Labute approximate surface area is 94.7 Å². The average molecular weight is 223 g/mol. The maximum Gasteiger partial charge on any atom is 0.236 e. The van der Waals surface area contributed by atoms with Crippen LogP contribution in [0.3, 0.4) is 0 Å². The number of aromatic nitrogens is 2. The predicted molar refractivity (Wildman–Crippen MR) is 62.8 cm³/mol. The monoisotopic (exact) mass is 223 g/mol. The molecule has 16 heavy (non-hydrogen) atoms. The SMILES string of the molecule is CCCCN(CC(N)=O)c1cncc(N)n1. The molecule has 0 aliphatic carbocycles. The summed E-state index contributed by atoms with van der Waals surface area (Å²) in [6, 6.07) is 0. The van der Waals surface area contributed by atoms with Gasteiger partial charge in [-0.3, -0.25) is 9.78 Å². The first kappa shape index (κ1) is 12.2. The van der Waals surface area contributed by atoms with Crippen molar-refractivity contribution in [1.29, 1.82) is 0 Å². The maximum atomic E-state index is 10.9. The second-order valence-corrected chi connectivity index (χ2v) is 3.54. The molecule has 0 spiro atoms. The Kier molecular flexibility index (Phi) is 4.50. The molecule has 0 saturated heterocycles. The number of unbranched alkanes of at least 4 members (excludes halogenated alkanes) is 1. The van der Waals surface area contributed by atoms with Gasteiger partial charge in [-0.25, -0.2) is 4.98 Å². The highest BCUT2D eigenvalue weighted by Gasteiger charge is 2.10. The number of carbonyl (C=O) groups is 1. The van der Waals surface area contributed by atoms with Crippen LogP contribution in [0.5, 0.6) is 0 Å². The number of hydrogen-bond acceptors (Lipinski definition) is 5. The zero-order valence-electron chi connectivity index (χ0n) is 9.39. The summed E-state index contributed by atoms with van der Waals surface area (Å²) in [6.07, 6.45) is 5.04. The fourth-order valence-corrected chi connectivity index (χ4v) is 1.33. The van der Waals surface area contributed by atoms with E-state index in [1.807, 2.05) is 0 Å². The third-order valence-electron chi connectivity index (χ3n) is 2.09. The molecule has 1 aromatic heterocycles. The van der Waals surface area contributed by atoms with Gasteiger partial charge in [0.2, 0.25) is 5.91 Å². The molecule has 6 heteroatoms. The van der Waals surface area contributed by atoms with Crippen molar-refractivity contribution in [2.45, 2.75) is 19.8 Å². The summed E-state index contributed by atoms with van der Waals surface area (Å²) < 4.78 is 0. The number of carbonyl (C=O) groups excluding carboxylic acids is 1. The Morgan fingerprint density at radius 3 is 2.81 bits per heavy atom. The van der Waals surface area contributed by atoms with Gasteiger partial charge in [-0.15, -0.1) is 0 Å². The van der Waals surface area contributed by atoms with E-state index < -0.39 is 0 Å². The summed E-state index contributed by atoms with van der Waals surface area (Å²) in [6.45, 7) is 2.93. The van der Waals surface area contributed by atoms with Crippen LogP contribution in [0.15, 0.2) is 12.4 Å². The minimum atomic E-state index is -0.389. The molecule has 4 N–H and O–H groups in total. The quantitative estimate of drug-likeness (QED) is 0.715. The lowest BCUT2D eigenvalue weighted by Gasteiger charge is -2.21. The molecule has 88 valence electrons. The molecule has 0 bridgehead atoms. The third-order valence-corrected chi connectivity index (χ3v) is 2.09. The Balaban J connectivity index is 2.78. The Bertz CT molecular complexity index is 355. The molecule has 0 radical (unpaired) electrons. The van der Waals surface area contributed by atoms with Crippen LogP contribution in [0.2, 0.25) is 0 Å². The van der Waals surface area contributed by atoms with Gasteiger partial charge in [0, 0.05) is 6.54 Å². The minimum absolute atomic E-state index is 0.137. The number of nitrogen functional groups attached to an aromatic ring is 1. The van der Waals surface area contributed by atoms with Crippen LogP contribution in [-0.2, 0) is 4.79 Å². The van der Waals surface area contributed by atoms with Crippen molar-refractivity contribution in [1.82, 2.24) is 9.97 Å². The van der Waals surface area contributed by atoms with Gasteiger partial charge >= 0.3 is 0 Å². The van der Waals surface area contributed by atoms with E-state index in [1.165, 1.54) is 6.20 Å². The van der Waals surface area contributed by atoms with Crippen molar-refractivity contribution >= 4 is 17.5 Å². The van der Waals surface area contributed by atoms with Gasteiger partial charge < -0.3 is 16.4 Å². The average Bonchev–Trinajstić information content (AvgIpc) is 2.23. The molecule has 0 saturated carbocycles. The van der Waals surface area contributed by atoms with Crippen LogP contribution >= 0.6 is 0 Å². The molecule has 0 atom stereocenters. The van der Waals surface area contributed by atoms with Crippen LogP contribution in [0.1, 0.15) is 19.8 Å². The van der Waals surface area contributed by atoms with Crippen LogP contribution in [-0.4, -0.2) is 29.0 Å². The van der Waals surface area contributed by atoms with Crippen molar-refractivity contribution in [3.05, 3.63) is 12.4 Å². The standard InChI is InChI=1S/C10H17N5O/c1-2-3-4-15(7-9(12)16)10-6-13-5-8(11)14-10/h5-6H,2-4,7H2,1H3,(H2,11,14)(H2,12,16). The highest BCUT2D eigenvalue weighted by atomic mass is 16.1. The van der Waals surface area contributed by atoms with Crippen LogP contribution < -0.4 is 16.4 Å². The number of nitrogens with two attached hydrogens (primary N) is 2. The number of amides is 1. The van der Waals surface area contributed by atoms with Crippen molar-refractivity contribution in [2.24, 2.45) is 5.73 Å². The molecule has 1 rings (SSSR count). The van der Waals surface area contributed by atoms with Crippen molar-refractivity contribution in [3.8, 4) is 0 Å². The smallest absolute Gasteiger partial charge is 0.236 e. The maximum absolute atomic E-state index is 10.9. The van der Waals surface area contributed by atoms with E-state index in [0.717, 1.165) is 19.4 Å². The minimum Gasteiger partial charge on any atom is -0.382 e. The second kappa shape index (κ2) is 5.89. The zero-order valence-corrected chi connectivity index (χ0v) is 9.39. The molecule has 0 unspecified atom stereocenters. The zero-order chi connectivity index (χ0) is 12.0. The second-order valence-electron chi connectivity index (χ2n) is 3.54. The number of rotatable bonds is 6. The first-order valence-electron chi connectivity index (χ1n) is 5.24. The molecule has 1 heterocycles. The number of primary amides is 1. The van der Waals surface area contributed by atoms with Gasteiger partial charge in [0.15, 0.2) is 0 Å². The van der Waals surface area contributed by atoms with Crippen LogP contribution in [0.25, 0.3) is 0 Å². The Morgan fingerprint density at radius 2 is 2.25 bits per heavy atom. The molecule has 0 fully saturated rings. The number of anilines is 2.